The van der Waals surface area contributed by atoms with Crippen molar-refractivity contribution in [2.45, 2.75) is 6.18 Å². The fourth-order valence-corrected chi connectivity index (χ4v) is 2.26. The summed E-state index contributed by atoms with van der Waals surface area (Å²) in [6, 6.07) is 17.1. The molecule has 1 nitrogen and oxygen atoms in total. The molecule has 22 heavy (non-hydrogen) atoms. The molecular weight excluding hydrogens is 287 g/mol. The van der Waals surface area contributed by atoms with E-state index in [9.17, 15) is 13.2 Å². The van der Waals surface area contributed by atoms with Crippen LogP contribution in [0, 0.1) is 0 Å². The van der Waals surface area contributed by atoms with Crippen molar-refractivity contribution in [3.05, 3.63) is 78.0 Å². The molecule has 0 aliphatic carbocycles. The van der Waals surface area contributed by atoms with Gasteiger partial charge in [-0.2, -0.15) is 13.2 Å². The highest BCUT2D eigenvalue weighted by atomic mass is 19.4. The van der Waals surface area contributed by atoms with Gasteiger partial charge in [-0.15, -0.1) is 0 Å². The molecule has 0 radical (unpaired) electrons. The third kappa shape index (κ3) is 3.01. The minimum absolute atomic E-state index is 0.0649. The molecule has 0 bridgehead atoms. The van der Waals surface area contributed by atoms with Gasteiger partial charge in [0.2, 0.25) is 0 Å². The highest BCUT2D eigenvalue weighted by Gasteiger charge is 2.34. The molecule has 3 aromatic rings. The van der Waals surface area contributed by atoms with E-state index in [1.54, 1.807) is 54.6 Å². The molecule has 0 aliphatic rings. The summed E-state index contributed by atoms with van der Waals surface area (Å²) in [7, 11) is 0. The number of benzene rings is 2. The first kappa shape index (κ1) is 14.3. The quantitative estimate of drug-likeness (QED) is 0.622. The maximum atomic E-state index is 13.4. The first-order valence-electron chi connectivity index (χ1n) is 6.73. The number of nitrogens with zero attached hydrogens (tertiary/aromatic N) is 1. The van der Waals surface area contributed by atoms with Gasteiger partial charge in [0.1, 0.15) is 0 Å². The van der Waals surface area contributed by atoms with E-state index < -0.39 is 11.7 Å². The minimum Gasteiger partial charge on any atom is -0.256 e. The second-order valence-corrected chi connectivity index (χ2v) is 4.88. The van der Waals surface area contributed by atoms with E-state index in [-0.39, 0.29) is 5.56 Å². The fourth-order valence-electron chi connectivity index (χ4n) is 2.26. The maximum Gasteiger partial charge on any atom is 0.417 e. The van der Waals surface area contributed by atoms with E-state index in [0.29, 0.717) is 16.5 Å². The lowest BCUT2D eigenvalue weighted by Gasteiger charge is -2.12. The van der Waals surface area contributed by atoms with E-state index >= 15 is 0 Å². The standard InChI is InChI=1S/C18H12F3N/c19-18(20,21)16(10-13-6-2-1-3-7-13)15-11-14-8-4-5-9-17(14)22-12-15/h1-12H/b16-10+. The average molecular weight is 299 g/mol. The summed E-state index contributed by atoms with van der Waals surface area (Å²) in [6.45, 7) is 0. The average Bonchev–Trinajstić information content (AvgIpc) is 2.52. The van der Waals surface area contributed by atoms with Crippen molar-refractivity contribution in [1.82, 2.24) is 4.98 Å². The largest absolute Gasteiger partial charge is 0.417 e. The lowest BCUT2D eigenvalue weighted by Crippen LogP contribution is -2.11. The van der Waals surface area contributed by atoms with Crippen molar-refractivity contribution in [2.75, 3.05) is 0 Å². The van der Waals surface area contributed by atoms with Gasteiger partial charge in [0.15, 0.2) is 0 Å². The minimum atomic E-state index is -4.44. The van der Waals surface area contributed by atoms with Gasteiger partial charge in [0.05, 0.1) is 11.1 Å². The number of halogens is 3. The fraction of sp³-hybridized carbons (Fsp3) is 0.0556. The summed E-state index contributed by atoms with van der Waals surface area (Å²) in [6.07, 6.45) is -2.03. The molecule has 1 aromatic heterocycles. The summed E-state index contributed by atoms with van der Waals surface area (Å²) in [4.78, 5) is 4.12. The maximum absolute atomic E-state index is 13.4. The Balaban J connectivity index is 2.14. The lowest BCUT2D eigenvalue weighted by atomic mass is 10.0. The Morgan fingerprint density at radius 1 is 0.909 bits per heavy atom. The van der Waals surface area contributed by atoms with Crippen LogP contribution in [0.5, 0.6) is 0 Å². The van der Waals surface area contributed by atoms with Crippen LogP contribution in [0.3, 0.4) is 0 Å². The third-order valence-electron chi connectivity index (χ3n) is 3.32. The van der Waals surface area contributed by atoms with Crippen molar-refractivity contribution in [3.8, 4) is 0 Å². The van der Waals surface area contributed by atoms with Crippen molar-refractivity contribution in [3.63, 3.8) is 0 Å². The first-order valence-corrected chi connectivity index (χ1v) is 6.73. The van der Waals surface area contributed by atoms with Gasteiger partial charge in [-0.25, -0.2) is 0 Å². The monoisotopic (exact) mass is 299 g/mol. The number of alkyl halides is 3. The van der Waals surface area contributed by atoms with Gasteiger partial charge in [-0.05, 0) is 23.8 Å². The van der Waals surface area contributed by atoms with Crippen molar-refractivity contribution in [1.29, 1.82) is 0 Å². The molecule has 0 saturated heterocycles. The van der Waals surface area contributed by atoms with Crippen LogP contribution in [0.1, 0.15) is 11.1 Å². The second-order valence-electron chi connectivity index (χ2n) is 4.88. The van der Waals surface area contributed by atoms with Crippen molar-refractivity contribution < 1.29 is 13.2 Å². The second kappa shape index (κ2) is 5.64. The Morgan fingerprint density at radius 3 is 2.32 bits per heavy atom. The molecule has 0 unspecified atom stereocenters. The van der Waals surface area contributed by atoms with Gasteiger partial charge >= 0.3 is 6.18 Å². The smallest absolute Gasteiger partial charge is 0.256 e. The number of para-hydroxylation sites is 1. The van der Waals surface area contributed by atoms with Crippen LogP contribution >= 0.6 is 0 Å². The van der Waals surface area contributed by atoms with Crippen LogP contribution in [0.15, 0.2) is 66.9 Å². The van der Waals surface area contributed by atoms with Gasteiger partial charge in [-0.3, -0.25) is 4.98 Å². The molecule has 0 spiro atoms. The molecule has 0 atom stereocenters. The molecule has 1 heterocycles. The SMILES string of the molecule is FC(F)(F)/C(=C/c1ccccc1)c1cnc2ccccc2c1. The van der Waals surface area contributed by atoms with Gasteiger partial charge in [0.25, 0.3) is 0 Å². The first-order chi connectivity index (χ1) is 10.5. The molecular formula is C18H12F3N. The number of hydrogen-bond donors (Lipinski definition) is 0. The van der Waals surface area contributed by atoms with Gasteiger partial charge in [0, 0.05) is 17.1 Å². The number of pyridine rings is 1. The molecule has 0 fully saturated rings. The Hall–Kier alpha value is -2.62. The predicted molar refractivity (Wildman–Crippen MR) is 82.1 cm³/mol. The summed E-state index contributed by atoms with van der Waals surface area (Å²) in [5.41, 5.74) is 0.544. The van der Waals surface area contributed by atoms with Gasteiger partial charge in [-0.1, -0.05) is 48.5 Å². The van der Waals surface area contributed by atoms with E-state index in [4.69, 9.17) is 0 Å². The Kier molecular flexibility index (Phi) is 3.67. The van der Waals surface area contributed by atoms with Gasteiger partial charge < -0.3 is 0 Å². The van der Waals surface area contributed by atoms with Crippen LogP contribution in [-0.4, -0.2) is 11.2 Å². The molecule has 110 valence electrons. The lowest BCUT2D eigenvalue weighted by molar-refractivity contribution is -0.0683. The van der Waals surface area contributed by atoms with E-state index in [2.05, 4.69) is 4.98 Å². The molecule has 0 amide bonds. The Labute approximate surface area is 125 Å². The summed E-state index contributed by atoms with van der Waals surface area (Å²) >= 11 is 0. The molecule has 0 N–H and O–H groups in total. The zero-order chi connectivity index (χ0) is 15.6. The third-order valence-corrected chi connectivity index (χ3v) is 3.32. The van der Waals surface area contributed by atoms with Crippen LogP contribution in [-0.2, 0) is 0 Å². The molecule has 0 aliphatic heterocycles. The van der Waals surface area contributed by atoms with E-state index in [0.717, 1.165) is 6.08 Å². The highest BCUT2D eigenvalue weighted by molar-refractivity contribution is 5.88. The predicted octanol–water partition coefficient (Wildman–Crippen LogP) is 5.34. The van der Waals surface area contributed by atoms with Crippen molar-refractivity contribution >= 4 is 22.6 Å². The molecule has 0 saturated carbocycles. The van der Waals surface area contributed by atoms with E-state index in [1.165, 1.54) is 12.3 Å². The summed E-state index contributed by atoms with van der Waals surface area (Å²) < 4.78 is 40.2. The zero-order valence-corrected chi connectivity index (χ0v) is 11.5. The number of hydrogen-bond acceptors (Lipinski definition) is 1. The van der Waals surface area contributed by atoms with Crippen LogP contribution in [0.25, 0.3) is 22.6 Å². The van der Waals surface area contributed by atoms with Crippen LogP contribution in [0.2, 0.25) is 0 Å². The molecule has 4 heteroatoms. The highest BCUT2D eigenvalue weighted by Crippen LogP contribution is 2.36. The molecule has 3 rings (SSSR count). The van der Waals surface area contributed by atoms with Crippen molar-refractivity contribution in [2.24, 2.45) is 0 Å². The molecule has 2 aromatic carbocycles. The number of aromatic nitrogens is 1. The normalized spacial score (nSPS) is 12.6. The van der Waals surface area contributed by atoms with Crippen LogP contribution in [0.4, 0.5) is 13.2 Å². The van der Waals surface area contributed by atoms with E-state index in [1.807, 2.05) is 0 Å². The zero-order valence-electron chi connectivity index (χ0n) is 11.5. The number of fused-ring (bicyclic) bond motifs is 1. The topological polar surface area (TPSA) is 12.9 Å². The Bertz CT molecular complexity index is 820. The number of allylic oxidation sites excluding steroid dienone is 1. The van der Waals surface area contributed by atoms with Crippen LogP contribution < -0.4 is 0 Å². The number of rotatable bonds is 2. The summed E-state index contributed by atoms with van der Waals surface area (Å²) in [5, 5.41) is 0.684. The Morgan fingerprint density at radius 2 is 1.59 bits per heavy atom. The summed E-state index contributed by atoms with van der Waals surface area (Å²) in [5.74, 6) is 0.